The molecule has 132 valence electrons. The van der Waals surface area contributed by atoms with Gasteiger partial charge in [0.25, 0.3) is 5.91 Å². The minimum Gasteiger partial charge on any atom is -0.383 e. The van der Waals surface area contributed by atoms with Crippen molar-refractivity contribution in [2.45, 2.75) is 57.3 Å². The summed E-state index contributed by atoms with van der Waals surface area (Å²) in [6.07, 6.45) is 8.58. The summed E-state index contributed by atoms with van der Waals surface area (Å²) in [5, 5.41) is 5.22. The fraction of sp³-hybridized carbons (Fsp3) is 0.579. The summed E-state index contributed by atoms with van der Waals surface area (Å²) in [4.78, 5) is 16.4. The highest BCUT2D eigenvalue weighted by atomic mass is 35.5. The molecule has 6 heteroatoms. The smallest absolute Gasteiger partial charge is 0.256 e. The average Bonchev–Trinajstić information content (AvgIpc) is 3.31. The van der Waals surface area contributed by atoms with Crippen LogP contribution in [0.5, 0.6) is 0 Å². The van der Waals surface area contributed by atoms with Crippen LogP contribution >= 0.6 is 11.6 Å². The third kappa shape index (κ3) is 2.51. The maximum atomic E-state index is 13.2. The van der Waals surface area contributed by atoms with E-state index in [1.165, 1.54) is 23.9 Å². The second-order valence-corrected chi connectivity index (χ2v) is 8.30. The van der Waals surface area contributed by atoms with E-state index in [-0.39, 0.29) is 11.8 Å². The van der Waals surface area contributed by atoms with Crippen LogP contribution < -0.4 is 5.73 Å². The van der Waals surface area contributed by atoms with Crippen molar-refractivity contribution >= 4 is 23.3 Å². The van der Waals surface area contributed by atoms with Crippen molar-refractivity contribution in [1.82, 2.24) is 14.8 Å². The molecule has 2 heterocycles. The summed E-state index contributed by atoms with van der Waals surface area (Å²) >= 11 is 6.12. The van der Waals surface area contributed by atoms with Gasteiger partial charge in [0, 0.05) is 11.3 Å². The number of nitrogen functional groups attached to an aromatic ring is 1. The predicted molar refractivity (Wildman–Crippen MR) is 97.0 cm³/mol. The van der Waals surface area contributed by atoms with Crippen molar-refractivity contribution in [3.63, 3.8) is 0 Å². The number of hydrogen-bond donors (Lipinski definition) is 2. The maximum Gasteiger partial charge on any atom is 0.256 e. The second kappa shape index (κ2) is 5.63. The molecule has 0 saturated heterocycles. The van der Waals surface area contributed by atoms with Gasteiger partial charge in [-0.1, -0.05) is 11.6 Å². The summed E-state index contributed by atoms with van der Waals surface area (Å²) in [6, 6.07) is 1.89. The Morgan fingerprint density at radius 1 is 1.24 bits per heavy atom. The monoisotopic (exact) mass is 358 g/mol. The maximum absolute atomic E-state index is 13.2. The van der Waals surface area contributed by atoms with E-state index in [1.807, 2.05) is 6.07 Å². The second-order valence-electron chi connectivity index (χ2n) is 7.90. The fourth-order valence-electron chi connectivity index (χ4n) is 4.79. The van der Waals surface area contributed by atoms with Crippen molar-refractivity contribution in [1.29, 1.82) is 0 Å². The first-order chi connectivity index (χ1) is 12.1. The van der Waals surface area contributed by atoms with Gasteiger partial charge >= 0.3 is 0 Å². The zero-order chi connectivity index (χ0) is 17.1. The Labute approximate surface area is 151 Å². The zero-order valence-electron chi connectivity index (χ0n) is 14.2. The largest absolute Gasteiger partial charge is 0.383 e. The molecule has 3 N–H and O–H groups in total. The summed E-state index contributed by atoms with van der Waals surface area (Å²) in [5.74, 6) is 1.96. The molecule has 0 amide bonds. The van der Waals surface area contributed by atoms with Crippen LogP contribution in [0.4, 0.5) is 5.82 Å². The Morgan fingerprint density at radius 2 is 2.08 bits per heavy atom. The number of carbonyl (C=O) groups excluding carboxylic acids is 1. The molecule has 0 bridgehead atoms. The van der Waals surface area contributed by atoms with E-state index in [0.29, 0.717) is 11.0 Å². The first-order valence-corrected chi connectivity index (χ1v) is 9.77. The van der Waals surface area contributed by atoms with Crippen LogP contribution in [-0.2, 0) is 19.3 Å². The van der Waals surface area contributed by atoms with Crippen molar-refractivity contribution in [2.75, 3.05) is 5.73 Å². The van der Waals surface area contributed by atoms with E-state index >= 15 is 0 Å². The van der Waals surface area contributed by atoms with Crippen LogP contribution in [0.25, 0.3) is 0 Å². The lowest BCUT2D eigenvalue weighted by Gasteiger charge is -2.21. The molecular formula is C19H23ClN4O. The summed E-state index contributed by atoms with van der Waals surface area (Å²) in [6.45, 7) is 0. The number of nitrogens with one attached hydrogen (secondary N) is 1. The SMILES string of the molecule is Nc1c2c(nn1C(=O)C1CCCc3[nH]c(Cl)cc31)CCC(C1CC1)C2. The Bertz CT molecular complexity index is 848. The van der Waals surface area contributed by atoms with Crippen LogP contribution in [0.1, 0.15) is 65.3 Å². The van der Waals surface area contributed by atoms with Gasteiger partial charge in [-0.2, -0.15) is 9.78 Å². The van der Waals surface area contributed by atoms with Crippen LogP contribution in [0.2, 0.25) is 5.15 Å². The molecule has 0 aromatic carbocycles. The van der Waals surface area contributed by atoms with Gasteiger partial charge in [-0.05, 0) is 74.8 Å². The van der Waals surface area contributed by atoms with E-state index in [4.69, 9.17) is 17.3 Å². The van der Waals surface area contributed by atoms with Crippen molar-refractivity contribution in [3.8, 4) is 0 Å². The van der Waals surface area contributed by atoms with E-state index in [2.05, 4.69) is 10.1 Å². The molecule has 5 nitrogen and oxygen atoms in total. The molecule has 2 aromatic rings. The summed E-state index contributed by atoms with van der Waals surface area (Å²) in [7, 11) is 0. The highest BCUT2D eigenvalue weighted by molar-refractivity contribution is 6.29. The molecule has 0 aliphatic heterocycles. The number of carbonyl (C=O) groups is 1. The molecule has 2 atom stereocenters. The third-order valence-corrected chi connectivity index (χ3v) is 6.52. The lowest BCUT2D eigenvalue weighted by atomic mass is 9.84. The average molecular weight is 359 g/mol. The number of nitrogens with two attached hydrogens (primary N) is 1. The molecule has 1 fully saturated rings. The summed E-state index contributed by atoms with van der Waals surface area (Å²) in [5.41, 5.74) is 10.6. The Morgan fingerprint density at radius 3 is 2.88 bits per heavy atom. The Kier molecular flexibility index (Phi) is 3.49. The van der Waals surface area contributed by atoms with Gasteiger partial charge in [0.15, 0.2) is 0 Å². The number of fused-ring (bicyclic) bond motifs is 2. The molecule has 3 aliphatic carbocycles. The lowest BCUT2D eigenvalue weighted by Crippen LogP contribution is -2.25. The minimum atomic E-state index is -0.199. The fourth-order valence-corrected chi connectivity index (χ4v) is 5.03. The number of nitrogens with zero attached hydrogens (tertiary/aromatic N) is 2. The minimum absolute atomic E-state index is 0.00788. The van der Waals surface area contributed by atoms with Crippen molar-refractivity contribution in [2.24, 2.45) is 11.8 Å². The first-order valence-electron chi connectivity index (χ1n) is 9.39. The number of rotatable bonds is 2. The van der Waals surface area contributed by atoms with Crippen LogP contribution in [-0.4, -0.2) is 20.7 Å². The van der Waals surface area contributed by atoms with Crippen molar-refractivity contribution < 1.29 is 4.79 Å². The van der Waals surface area contributed by atoms with Gasteiger partial charge in [0.05, 0.1) is 11.6 Å². The first kappa shape index (κ1) is 15.5. The number of H-pyrrole nitrogens is 1. The topological polar surface area (TPSA) is 76.7 Å². The van der Waals surface area contributed by atoms with Gasteiger partial charge in [-0.15, -0.1) is 0 Å². The lowest BCUT2D eigenvalue weighted by molar-refractivity contribution is 0.0854. The number of aromatic amines is 1. The highest BCUT2D eigenvalue weighted by Crippen LogP contribution is 2.44. The number of aryl methyl sites for hydroxylation is 2. The van der Waals surface area contributed by atoms with Gasteiger partial charge in [0.2, 0.25) is 0 Å². The van der Waals surface area contributed by atoms with Gasteiger partial charge in [0.1, 0.15) is 11.0 Å². The van der Waals surface area contributed by atoms with Crippen molar-refractivity contribution in [3.05, 3.63) is 33.7 Å². The molecule has 3 aliphatic rings. The zero-order valence-corrected chi connectivity index (χ0v) is 15.0. The van der Waals surface area contributed by atoms with Gasteiger partial charge in [-0.3, -0.25) is 4.79 Å². The standard InChI is InChI=1S/C19H23ClN4O/c20-17-9-13-12(2-1-3-15(13)22-17)19(25)24-18(21)14-8-11(10-4-5-10)6-7-16(14)23-24/h9-12,22H,1-8,21H2. The van der Waals surface area contributed by atoms with Crippen LogP contribution in [0.3, 0.4) is 0 Å². The van der Waals surface area contributed by atoms with E-state index in [9.17, 15) is 4.79 Å². The number of halogens is 1. The highest BCUT2D eigenvalue weighted by Gasteiger charge is 2.37. The van der Waals surface area contributed by atoms with E-state index in [0.717, 1.165) is 66.5 Å². The Balaban J connectivity index is 1.47. The van der Waals surface area contributed by atoms with Gasteiger partial charge < -0.3 is 10.7 Å². The molecule has 2 unspecified atom stereocenters. The third-order valence-electron chi connectivity index (χ3n) is 6.32. The molecule has 5 rings (SSSR count). The van der Waals surface area contributed by atoms with Crippen LogP contribution in [0.15, 0.2) is 6.07 Å². The number of hydrogen-bond acceptors (Lipinski definition) is 3. The normalized spacial score (nSPS) is 25.5. The Hall–Kier alpha value is -1.75. The number of aromatic nitrogens is 3. The quantitative estimate of drug-likeness (QED) is 0.858. The molecule has 0 spiro atoms. The molecule has 1 saturated carbocycles. The predicted octanol–water partition coefficient (Wildman–Crippen LogP) is 3.72. The number of anilines is 1. The van der Waals surface area contributed by atoms with E-state index < -0.39 is 0 Å². The molecule has 25 heavy (non-hydrogen) atoms. The van der Waals surface area contributed by atoms with Gasteiger partial charge in [-0.25, -0.2) is 0 Å². The van der Waals surface area contributed by atoms with Crippen LogP contribution in [0, 0.1) is 11.8 Å². The molecule has 2 aromatic heterocycles. The molecule has 0 radical (unpaired) electrons. The molecular weight excluding hydrogens is 336 g/mol. The van der Waals surface area contributed by atoms with E-state index in [1.54, 1.807) is 0 Å². The summed E-state index contributed by atoms with van der Waals surface area (Å²) < 4.78 is 1.49.